The van der Waals surface area contributed by atoms with Gasteiger partial charge in [-0.3, -0.25) is 4.79 Å². The quantitative estimate of drug-likeness (QED) is 0.541. The van der Waals surface area contributed by atoms with Gasteiger partial charge in [0.25, 0.3) is 0 Å². The van der Waals surface area contributed by atoms with Crippen LogP contribution in [0.4, 0.5) is 0 Å². The number of ether oxygens (including phenoxy) is 1. The van der Waals surface area contributed by atoms with Crippen LogP contribution in [0.2, 0.25) is 0 Å². The van der Waals surface area contributed by atoms with Gasteiger partial charge in [0.15, 0.2) is 0 Å². The lowest BCUT2D eigenvalue weighted by molar-refractivity contribution is -0.157. The molecule has 2 nitrogen and oxygen atoms in total. The van der Waals surface area contributed by atoms with Crippen LogP contribution in [0, 0.1) is 17.8 Å². The predicted octanol–water partition coefficient (Wildman–Crippen LogP) is 4.88. The molecule has 0 aromatic rings. The Hall–Kier alpha value is -0.790. The Balaban J connectivity index is 1.69. The molecule has 0 heterocycles. The van der Waals surface area contributed by atoms with Gasteiger partial charge in [0, 0.05) is 0 Å². The number of carbonyl (C=O) groups excluding carboxylic acids is 1. The first-order valence-electron chi connectivity index (χ1n) is 8.50. The Kier molecular flexibility index (Phi) is 6.12. The Morgan fingerprint density at radius 3 is 2.30 bits per heavy atom. The third kappa shape index (κ3) is 4.64. The first-order chi connectivity index (χ1) is 9.69. The number of rotatable bonds is 4. The molecule has 0 bridgehead atoms. The summed E-state index contributed by atoms with van der Waals surface area (Å²) >= 11 is 0. The smallest absolute Gasteiger partial charge is 0.309 e. The molecular formula is C18H30O2. The van der Waals surface area contributed by atoms with Crippen LogP contribution in [-0.4, -0.2) is 12.1 Å². The van der Waals surface area contributed by atoms with Crippen molar-refractivity contribution in [1.29, 1.82) is 0 Å². The lowest BCUT2D eigenvalue weighted by Gasteiger charge is -2.30. The van der Waals surface area contributed by atoms with Crippen molar-refractivity contribution in [1.82, 2.24) is 0 Å². The average molecular weight is 278 g/mol. The lowest BCUT2D eigenvalue weighted by atomic mass is 9.80. The normalized spacial score (nSPS) is 35.1. The maximum absolute atomic E-state index is 12.2. The van der Waals surface area contributed by atoms with Crippen LogP contribution in [0.15, 0.2) is 12.2 Å². The van der Waals surface area contributed by atoms with E-state index in [1.165, 1.54) is 32.1 Å². The molecule has 2 aliphatic carbocycles. The van der Waals surface area contributed by atoms with Gasteiger partial charge in [-0.2, -0.15) is 0 Å². The fourth-order valence-electron chi connectivity index (χ4n) is 3.57. The summed E-state index contributed by atoms with van der Waals surface area (Å²) in [6.07, 6.45) is 14.8. The minimum atomic E-state index is 0.0917. The highest BCUT2D eigenvalue weighted by atomic mass is 16.5. The Labute approximate surface area is 124 Å². The van der Waals surface area contributed by atoms with Gasteiger partial charge in [0.2, 0.25) is 0 Å². The predicted molar refractivity (Wildman–Crippen MR) is 82.4 cm³/mol. The van der Waals surface area contributed by atoms with Crippen LogP contribution < -0.4 is 0 Å². The van der Waals surface area contributed by atoms with Gasteiger partial charge in [0.1, 0.15) is 6.10 Å². The van der Waals surface area contributed by atoms with Crippen molar-refractivity contribution in [3.05, 3.63) is 12.2 Å². The second-order valence-electron chi connectivity index (χ2n) is 6.84. The topological polar surface area (TPSA) is 26.3 Å². The van der Waals surface area contributed by atoms with Gasteiger partial charge in [-0.1, -0.05) is 19.1 Å². The molecule has 2 aliphatic rings. The van der Waals surface area contributed by atoms with Gasteiger partial charge in [-0.25, -0.2) is 0 Å². The first kappa shape index (κ1) is 15.6. The number of hydrogen-bond donors (Lipinski definition) is 0. The standard InChI is InChI=1S/C18H30O2/c1-3-4-5-15-8-10-16(11-9-15)18(19)20-17-12-6-14(2)7-13-17/h3-4,14-17H,5-13H2,1-2H3. The second-order valence-corrected chi connectivity index (χ2v) is 6.84. The third-order valence-electron chi connectivity index (χ3n) is 5.13. The molecular weight excluding hydrogens is 248 g/mol. The highest BCUT2D eigenvalue weighted by Gasteiger charge is 2.29. The average Bonchev–Trinajstić information content (AvgIpc) is 2.48. The Morgan fingerprint density at radius 2 is 1.70 bits per heavy atom. The van der Waals surface area contributed by atoms with E-state index in [2.05, 4.69) is 26.0 Å². The highest BCUT2D eigenvalue weighted by molar-refractivity contribution is 5.72. The molecule has 0 aromatic carbocycles. The highest BCUT2D eigenvalue weighted by Crippen LogP contribution is 2.33. The van der Waals surface area contributed by atoms with E-state index in [0.717, 1.165) is 37.5 Å². The molecule has 0 atom stereocenters. The van der Waals surface area contributed by atoms with Crippen LogP contribution in [-0.2, 0) is 9.53 Å². The molecule has 2 rings (SSSR count). The second kappa shape index (κ2) is 7.85. The summed E-state index contributed by atoms with van der Waals surface area (Å²) in [5.74, 6) is 1.86. The number of hydrogen-bond acceptors (Lipinski definition) is 2. The van der Waals surface area contributed by atoms with Crippen molar-refractivity contribution in [3.8, 4) is 0 Å². The third-order valence-corrected chi connectivity index (χ3v) is 5.13. The lowest BCUT2D eigenvalue weighted by Crippen LogP contribution is -2.29. The Morgan fingerprint density at radius 1 is 1.05 bits per heavy atom. The molecule has 0 aromatic heterocycles. The first-order valence-corrected chi connectivity index (χ1v) is 8.50. The maximum atomic E-state index is 12.2. The summed E-state index contributed by atoms with van der Waals surface area (Å²) in [7, 11) is 0. The summed E-state index contributed by atoms with van der Waals surface area (Å²) < 4.78 is 5.74. The van der Waals surface area contributed by atoms with Crippen LogP contribution >= 0.6 is 0 Å². The molecule has 0 radical (unpaired) electrons. The SMILES string of the molecule is CC=CCC1CCC(C(=O)OC2CCC(C)CC2)CC1. The van der Waals surface area contributed by atoms with Crippen LogP contribution in [0.3, 0.4) is 0 Å². The molecule has 114 valence electrons. The van der Waals surface area contributed by atoms with Crippen molar-refractivity contribution in [2.24, 2.45) is 17.8 Å². The molecule has 0 spiro atoms. The zero-order valence-corrected chi connectivity index (χ0v) is 13.1. The molecule has 0 amide bonds. The van der Waals surface area contributed by atoms with Crippen LogP contribution in [0.1, 0.15) is 71.6 Å². The number of esters is 1. The number of carbonyl (C=O) groups is 1. The minimum absolute atomic E-state index is 0.0917. The van der Waals surface area contributed by atoms with E-state index >= 15 is 0 Å². The largest absolute Gasteiger partial charge is 0.462 e. The molecule has 2 saturated carbocycles. The fraction of sp³-hybridized carbons (Fsp3) is 0.833. The van der Waals surface area contributed by atoms with Crippen LogP contribution in [0.25, 0.3) is 0 Å². The van der Waals surface area contributed by atoms with E-state index in [-0.39, 0.29) is 18.0 Å². The maximum Gasteiger partial charge on any atom is 0.309 e. The summed E-state index contributed by atoms with van der Waals surface area (Å²) in [4.78, 5) is 12.2. The van der Waals surface area contributed by atoms with E-state index in [0.29, 0.717) is 0 Å². The van der Waals surface area contributed by atoms with E-state index in [1.54, 1.807) is 0 Å². The minimum Gasteiger partial charge on any atom is -0.462 e. The van der Waals surface area contributed by atoms with Gasteiger partial charge < -0.3 is 4.74 Å². The van der Waals surface area contributed by atoms with Crippen molar-refractivity contribution < 1.29 is 9.53 Å². The van der Waals surface area contributed by atoms with E-state index in [4.69, 9.17) is 4.74 Å². The summed E-state index contributed by atoms with van der Waals surface area (Å²) in [5.41, 5.74) is 0. The molecule has 2 fully saturated rings. The molecule has 0 saturated heterocycles. The molecule has 0 aliphatic heterocycles. The number of allylic oxidation sites excluding steroid dienone is 2. The van der Waals surface area contributed by atoms with E-state index < -0.39 is 0 Å². The van der Waals surface area contributed by atoms with Crippen molar-refractivity contribution in [2.75, 3.05) is 0 Å². The Bertz CT molecular complexity index is 318. The van der Waals surface area contributed by atoms with Gasteiger partial charge in [0.05, 0.1) is 5.92 Å². The van der Waals surface area contributed by atoms with Gasteiger partial charge in [-0.05, 0) is 76.5 Å². The van der Waals surface area contributed by atoms with E-state index in [9.17, 15) is 4.79 Å². The summed E-state index contributed by atoms with van der Waals surface area (Å²) in [6, 6.07) is 0. The van der Waals surface area contributed by atoms with Crippen LogP contribution in [0.5, 0.6) is 0 Å². The van der Waals surface area contributed by atoms with E-state index in [1.807, 2.05) is 0 Å². The zero-order valence-electron chi connectivity index (χ0n) is 13.1. The summed E-state index contributed by atoms with van der Waals surface area (Å²) in [5, 5.41) is 0. The molecule has 0 N–H and O–H groups in total. The summed E-state index contributed by atoms with van der Waals surface area (Å²) in [6.45, 7) is 4.37. The van der Waals surface area contributed by atoms with Gasteiger partial charge in [-0.15, -0.1) is 0 Å². The monoisotopic (exact) mass is 278 g/mol. The van der Waals surface area contributed by atoms with Gasteiger partial charge >= 0.3 is 5.97 Å². The van der Waals surface area contributed by atoms with Crippen molar-refractivity contribution >= 4 is 5.97 Å². The molecule has 2 heteroatoms. The molecule has 0 unspecified atom stereocenters. The fourth-order valence-corrected chi connectivity index (χ4v) is 3.57. The molecule has 20 heavy (non-hydrogen) atoms. The van der Waals surface area contributed by atoms with Crippen molar-refractivity contribution in [2.45, 2.75) is 77.7 Å². The van der Waals surface area contributed by atoms with Crippen molar-refractivity contribution in [3.63, 3.8) is 0 Å². The zero-order chi connectivity index (χ0) is 14.4.